The Morgan fingerprint density at radius 3 is 2.58 bits per heavy atom. The van der Waals surface area contributed by atoms with Crippen molar-refractivity contribution >= 4 is 29.1 Å². The molecule has 0 amide bonds. The highest BCUT2D eigenvalue weighted by molar-refractivity contribution is 8.13. The smallest absolute Gasteiger partial charge is 0.310 e. The number of rotatable bonds is 9. The maximum atomic E-state index is 11.9. The van der Waals surface area contributed by atoms with Gasteiger partial charge in [0.25, 0.3) is 0 Å². The number of carbonyl (C=O) groups excluding carboxylic acids is 3. The molecule has 0 saturated carbocycles. The fourth-order valence-electron chi connectivity index (χ4n) is 1.67. The van der Waals surface area contributed by atoms with Gasteiger partial charge in [-0.1, -0.05) is 18.7 Å². The van der Waals surface area contributed by atoms with E-state index in [1.165, 1.54) is 0 Å². The number of carbonyl (C=O) groups is 3. The fourth-order valence-corrected chi connectivity index (χ4v) is 2.29. The second-order valence-electron chi connectivity index (χ2n) is 3.91. The number of esters is 1. The van der Waals surface area contributed by atoms with Crippen molar-refractivity contribution in [1.29, 1.82) is 0 Å². The van der Waals surface area contributed by atoms with E-state index in [1.54, 1.807) is 6.92 Å². The van der Waals surface area contributed by atoms with E-state index in [9.17, 15) is 14.4 Å². The highest BCUT2D eigenvalue weighted by Crippen LogP contribution is 2.24. The molecule has 106 valence electrons. The van der Waals surface area contributed by atoms with Crippen molar-refractivity contribution in [3.05, 3.63) is 0 Å². The molecule has 19 heavy (non-hydrogen) atoms. The lowest BCUT2D eigenvalue weighted by Crippen LogP contribution is -2.29. The minimum absolute atomic E-state index is 0.0192. The van der Waals surface area contributed by atoms with Gasteiger partial charge in [-0.3, -0.25) is 9.59 Å². The van der Waals surface area contributed by atoms with Crippen LogP contribution in [0.15, 0.2) is 0 Å². The Hall–Kier alpha value is -1.28. The zero-order valence-corrected chi connectivity index (χ0v) is 12.2. The molecule has 0 fully saturated rings. The molecule has 0 aliphatic carbocycles. The van der Waals surface area contributed by atoms with Crippen LogP contribution in [0.3, 0.4) is 0 Å². The quantitative estimate of drug-likeness (QED) is 0.368. The van der Waals surface area contributed by atoms with Crippen LogP contribution in [0.1, 0.15) is 33.1 Å². The van der Waals surface area contributed by atoms with E-state index in [0.29, 0.717) is 24.9 Å². The average molecular weight is 284 g/mol. The summed E-state index contributed by atoms with van der Waals surface area (Å²) in [5.41, 5.74) is 0. The average Bonchev–Trinajstić information content (AvgIpc) is 2.38. The van der Waals surface area contributed by atoms with Gasteiger partial charge >= 0.3 is 5.97 Å². The summed E-state index contributed by atoms with van der Waals surface area (Å²) in [5.74, 6) is 1.30. The first-order chi connectivity index (χ1) is 9.10. The molecule has 0 N–H and O–H groups in total. The molecule has 0 saturated heterocycles. The van der Waals surface area contributed by atoms with Crippen LogP contribution in [0.4, 0.5) is 0 Å². The largest absolute Gasteiger partial charge is 0.466 e. The number of aldehydes is 1. The van der Waals surface area contributed by atoms with E-state index in [4.69, 9.17) is 11.2 Å². The second-order valence-corrected chi connectivity index (χ2v) is 5.23. The summed E-state index contributed by atoms with van der Waals surface area (Å²) in [6.07, 6.45) is 6.67. The Kier molecular flexibility index (Phi) is 9.91. The Morgan fingerprint density at radius 2 is 2.11 bits per heavy atom. The molecular weight excluding hydrogens is 264 g/mol. The monoisotopic (exact) mass is 284 g/mol. The number of thioether (sulfide) groups is 1. The molecule has 0 aromatic heterocycles. The summed E-state index contributed by atoms with van der Waals surface area (Å²) in [7, 11) is 0. The zero-order valence-electron chi connectivity index (χ0n) is 11.4. The van der Waals surface area contributed by atoms with Gasteiger partial charge in [-0.05, 0) is 19.1 Å². The molecule has 0 aliphatic rings. The molecule has 0 bridgehead atoms. The summed E-state index contributed by atoms with van der Waals surface area (Å²) in [4.78, 5) is 34.6. The van der Waals surface area contributed by atoms with Crippen LogP contribution in [0.5, 0.6) is 0 Å². The minimum atomic E-state index is -0.725. The first-order valence-corrected chi connectivity index (χ1v) is 7.30. The van der Waals surface area contributed by atoms with Gasteiger partial charge in [0, 0.05) is 18.8 Å². The molecule has 0 radical (unpaired) electrons. The molecule has 0 unspecified atom stereocenters. The van der Waals surface area contributed by atoms with Gasteiger partial charge in [0.15, 0.2) is 5.12 Å². The van der Waals surface area contributed by atoms with Crippen LogP contribution in [0, 0.1) is 24.2 Å². The SMILES string of the molecule is C#CCC[C@H](C=O)[C@@H](CC(=O)SCC)C(=O)OCC. The lowest BCUT2D eigenvalue weighted by Gasteiger charge is -2.19. The van der Waals surface area contributed by atoms with Gasteiger partial charge in [0.2, 0.25) is 0 Å². The molecule has 0 aromatic carbocycles. The van der Waals surface area contributed by atoms with Crippen molar-refractivity contribution in [2.75, 3.05) is 12.4 Å². The van der Waals surface area contributed by atoms with Crippen molar-refractivity contribution in [2.24, 2.45) is 11.8 Å². The Balaban J connectivity index is 4.81. The summed E-state index contributed by atoms with van der Waals surface area (Å²) < 4.78 is 4.93. The number of hydrogen-bond acceptors (Lipinski definition) is 5. The van der Waals surface area contributed by atoms with Crippen LogP contribution in [0.2, 0.25) is 0 Å². The van der Waals surface area contributed by atoms with Gasteiger partial charge in [-0.15, -0.1) is 12.3 Å². The Bertz CT molecular complexity index is 346. The summed E-state index contributed by atoms with van der Waals surface area (Å²) in [6.45, 7) is 3.78. The van der Waals surface area contributed by atoms with E-state index >= 15 is 0 Å². The first kappa shape index (κ1) is 17.7. The van der Waals surface area contributed by atoms with Crippen molar-refractivity contribution in [3.63, 3.8) is 0 Å². The molecule has 0 spiro atoms. The Morgan fingerprint density at radius 1 is 1.42 bits per heavy atom. The maximum absolute atomic E-state index is 11.9. The van der Waals surface area contributed by atoms with Gasteiger partial charge in [0.1, 0.15) is 6.29 Å². The van der Waals surface area contributed by atoms with E-state index in [0.717, 1.165) is 11.8 Å². The van der Waals surface area contributed by atoms with Gasteiger partial charge in [0.05, 0.1) is 12.5 Å². The van der Waals surface area contributed by atoms with Crippen molar-refractivity contribution in [1.82, 2.24) is 0 Å². The number of terminal acetylenes is 1. The summed E-state index contributed by atoms with van der Waals surface area (Å²) >= 11 is 1.14. The molecule has 5 heteroatoms. The molecule has 0 aliphatic heterocycles. The van der Waals surface area contributed by atoms with Crippen molar-refractivity contribution in [2.45, 2.75) is 33.1 Å². The highest BCUT2D eigenvalue weighted by Gasteiger charge is 2.31. The summed E-state index contributed by atoms with van der Waals surface area (Å²) in [6, 6.07) is 0. The molecule has 0 heterocycles. The van der Waals surface area contributed by atoms with Crippen LogP contribution in [-0.4, -0.2) is 29.7 Å². The second kappa shape index (κ2) is 10.6. The topological polar surface area (TPSA) is 60.4 Å². The third kappa shape index (κ3) is 7.02. The van der Waals surface area contributed by atoms with E-state index in [-0.39, 0.29) is 18.1 Å². The van der Waals surface area contributed by atoms with E-state index in [1.807, 2.05) is 6.92 Å². The normalized spacial score (nSPS) is 13.1. The van der Waals surface area contributed by atoms with Crippen LogP contribution < -0.4 is 0 Å². The number of ether oxygens (including phenoxy) is 1. The third-order valence-corrected chi connectivity index (χ3v) is 3.37. The molecule has 4 nitrogen and oxygen atoms in total. The van der Waals surface area contributed by atoms with Crippen LogP contribution >= 0.6 is 11.8 Å². The van der Waals surface area contributed by atoms with Gasteiger partial charge in [-0.25, -0.2) is 0 Å². The third-order valence-electron chi connectivity index (χ3n) is 2.59. The van der Waals surface area contributed by atoms with Crippen LogP contribution in [-0.2, 0) is 19.1 Å². The van der Waals surface area contributed by atoms with Crippen molar-refractivity contribution < 1.29 is 19.1 Å². The first-order valence-electron chi connectivity index (χ1n) is 6.31. The molecule has 0 aromatic rings. The molecule has 0 rings (SSSR count). The van der Waals surface area contributed by atoms with Gasteiger partial charge in [-0.2, -0.15) is 0 Å². The maximum Gasteiger partial charge on any atom is 0.310 e. The summed E-state index contributed by atoms with van der Waals surface area (Å²) in [5, 5.41) is -0.104. The standard InChI is InChI=1S/C14H20O4S/c1-4-7-8-11(10-15)12(14(17)18-5-2)9-13(16)19-6-3/h1,10-12H,5-9H2,2-3H3/t11-,12-/m1/s1. The van der Waals surface area contributed by atoms with E-state index < -0.39 is 17.8 Å². The predicted octanol–water partition coefficient (Wildman–Crippen LogP) is 2.06. The highest BCUT2D eigenvalue weighted by atomic mass is 32.2. The number of hydrogen-bond donors (Lipinski definition) is 0. The fraction of sp³-hybridized carbons (Fsp3) is 0.643. The van der Waals surface area contributed by atoms with Gasteiger partial charge < -0.3 is 9.53 Å². The van der Waals surface area contributed by atoms with E-state index in [2.05, 4.69) is 5.92 Å². The molecular formula is C14H20O4S. The zero-order chi connectivity index (χ0) is 14.7. The molecule has 2 atom stereocenters. The van der Waals surface area contributed by atoms with Crippen LogP contribution in [0.25, 0.3) is 0 Å². The lowest BCUT2D eigenvalue weighted by atomic mass is 9.87. The lowest BCUT2D eigenvalue weighted by molar-refractivity contribution is -0.152. The Labute approximate surface area is 118 Å². The minimum Gasteiger partial charge on any atom is -0.466 e. The van der Waals surface area contributed by atoms with Crippen molar-refractivity contribution in [3.8, 4) is 12.3 Å². The predicted molar refractivity (Wildman–Crippen MR) is 75.5 cm³/mol.